The normalized spacial score (nSPS) is 11.1. The first kappa shape index (κ1) is 14.2. The average molecular weight is 259 g/mol. The molecule has 0 fully saturated rings. The zero-order chi connectivity index (χ0) is 12.8. The highest BCUT2D eigenvalue weighted by molar-refractivity contribution is 6.33. The van der Waals surface area contributed by atoms with E-state index in [1.807, 2.05) is 20.8 Å². The van der Waals surface area contributed by atoms with Crippen LogP contribution in [0.25, 0.3) is 0 Å². The maximum atomic E-state index is 12.0. The van der Waals surface area contributed by atoms with E-state index >= 15 is 0 Å². The molecule has 1 aromatic heterocycles. The Labute approximate surface area is 107 Å². The molecule has 0 unspecified atom stereocenters. The van der Waals surface area contributed by atoms with Crippen molar-refractivity contribution in [1.29, 1.82) is 0 Å². The number of ketones is 1. The quantitative estimate of drug-likeness (QED) is 0.558. The van der Waals surface area contributed by atoms with Gasteiger partial charge in [-0.25, -0.2) is 0 Å². The molecule has 1 heterocycles. The van der Waals surface area contributed by atoms with Crippen molar-refractivity contribution in [2.45, 2.75) is 39.7 Å². The van der Waals surface area contributed by atoms with Crippen LogP contribution in [0.3, 0.4) is 0 Å². The average Bonchev–Trinajstić information content (AvgIpc) is 2.66. The van der Waals surface area contributed by atoms with E-state index in [9.17, 15) is 4.79 Å². The second-order valence-electron chi connectivity index (χ2n) is 4.10. The number of nitrogens with zero attached hydrogens (tertiary/aromatic N) is 2. The van der Waals surface area contributed by atoms with Gasteiger partial charge in [-0.3, -0.25) is 9.48 Å². The van der Waals surface area contributed by atoms with Crippen LogP contribution in [-0.2, 0) is 4.74 Å². The molecule has 17 heavy (non-hydrogen) atoms. The smallest absolute Gasteiger partial charge is 0.182 e. The summed E-state index contributed by atoms with van der Waals surface area (Å²) in [7, 11) is 0. The first-order valence-electron chi connectivity index (χ1n) is 5.91. The van der Waals surface area contributed by atoms with Crippen molar-refractivity contribution in [3.05, 3.63) is 16.9 Å². The zero-order valence-corrected chi connectivity index (χ0v) is 11.3. The number of aromatic nitrogens is 2. The summed E-state index contributed by atoms with van der Waals surface area (Å²) in [6.45, 7) is 7.17. The van der Waals surface area contributed by atoms with Gasteiger partial charge in [-0.05, 0) is 27.2 Å². The summed E-state index contributed by atoms with van der Waals surface area (Å²) in [6, 6.07) is 0.133. The van der Waals surface area contributed by atoms with Gasteiger partial charge in [0.05, 0.1) is 11.2 Å². The van der Waals surface area contributed by atoms with Crippen molar-refractivity contribution in [3.8, 4) is 0 Å². The lowest BCUT2D eigenvalue weighted by molar-refractivity contribution is 0.0935. The van der Waals surface area contributed by atoms with Gasteiger partial charge in [0.1, 0.15) is 5.69 Å². The molecular formula is C12H19ClN2O2. The Morgan fingerprint density at radius 1 is 1.59 bits per heavy atom. The minimum atomic E-state index is 0.0286. The van der Waals surface area contributed by atoms with Gasteiger partial charge in [-0.15, -0.1) is 0 Å². The molecule has 0 spiro atoms. The van der Waals surface area contributed by atoms with E-state index in [4.69, 9.17) is 16.3 Å². The highest BCUT2D eigenvalue weighted by atomic mass is 35.5. The van der Waals surface area contributed by atoms with Gasteiger partial charge in [-0.1, -0.05) is 11.6 Å². The summed E-state index contributed by atoms with van der Waals surface area (Å²) in [6.07, 6.45) is 2.68. The van der Waals surface area contributed by atoms with E-state index < -0.39 is 0 Å². The number of carbonyl (C=O) groups is 1. The molecule has 0 atom stereocenters. The molecule has 0 N–H and O–H groups in total. The molecule has 0 saturated heterocycles. The third-order valence-electron chi connectivity index (χ3n) is 2.40. The van der Waals surface area contributed by atoms with Crippen molar-refractivity contribution >= 4 is 17.4 Å². The van der Waals surface area contributed by atoms with Crippen molar-refractivity contribution < 1.29 is 9.53 Å². The van der Waals surface area contributed by atoms with Crippen molar-refractivity contribution in [3.63, 3.8) is 0 Å². The Morgan fingerprint density at radius 2 is 2.29 bits per heavy atom. The predicted octanol–water partition coefficient (Wildman–Crippen LogP) is 3.12. The number of halogens is 1. The molecule has 0 aliphatic rings. The van der Waals surface area contributed by atoms with Crippen molar-refractivity contribution in [2.75, 3.05) is 13.2 Å². The van der Waals surface area contributed by atoms with E-state index in [1.165, 1.54) is 6.20 Å². The first-order valence-corrected chi connectivity index (χ1v) is 6.29. The number of hydrogen-bond acceptors (Lipinski definition) is 3. The van der Waals surface area contributed by atoms with Crippen LogP contribution in [0.2, 0.25) is 5.02 Å². The minimum absolute atomic E-state index is 0.0286. The molecule has 0 aromatic carbocycles. The fourth-order valence-corrected chi connectivity index (χ4v) is 1.83. The van der Waals surface area contributed by atoms with Crippen LogP contribution in [0.5, 0.6) is 0 Å². The largest absolute Gasteiger partial charge is 0.382 e. The molecule has 1 aromatic rings. The van der Waals surface area contributed by atoms with Crippen molar-refractivity contribution in [2.24, 2.45) is 0 Å². The second kappa shape index (κ2) is 6.77. The molecule has 0 amide bonds. The van der Waals surface area contributed by atoms with E-state index in [-0.39, 0.29) is 11.8 Å². The third kappa shape index (κ3) is 3.82. The minimum Gasteiger partial charge on any atom is -0.382 e. The van der Waals surface area contributed by atoms with E-state index in [2.05, 4.69) is 5.10 Å². The number of hydrogen-bond donors (Lipinski definition) is 0. The van der Waals surface area contributed by atoms with Crippen LogP contribution in [-0.4, -0.2) is 28.8 Å². The van der Waals surface area contributed by atoms with E-state index in [0.29, 0.717) is 36.8 Å². The predicted molar refractivity (Wildman–Crippen MR) is 67.7 cm³/mol. The van der Waals surface area contributed by atoms with Crippen LogP contribution >= 0.6 is 11.6 Å². The fraction of sp³-hybridized carbons (Fsp3) is 0.667. The maximum absolute atomic E-state index is 12.0. The highest BCUT2D eigenvalue weighted by Gasteiger charge is 2.18. The molecule has 0 radical (unpaired) electrons. The fourth-order valence-electron chi connectivity index (χ4n) is 1.59. The number of Topliss-reactive ketones (excluding diaryl/α,β-unsaturated/α-hetero) is 1. The summed E-state index contributed by atoms with van der Waals surface area (Å²) >= 11 is 5.99. The molecule has 5 heteroatoms. The van der Waals surface area contributed by atoms with E-state index in [1.54, 1.807) is 4.68 Å². The van der Waals surface area contributed by atoms with Crippen LogP contribution in [0.4, 0.5) is 0 Å². The standard InChI is InChI=1S/C12H19ClN2O2/c1-4-17-7-5-6-11(16)12-10(13)8-14-15(12)9(2)3/h8-9H,4-7H2,1-3H3. The van der Waals surface area contributed by atoms with Gasteiger partial charge in [0.2, 0.25) is 0 Å². The Kier molecular flexibility index (Phi) is 5.65. The van der Waals surface area contributed by atoms with Gasteiger partial charge >= 0.3 is 0 Å². The number of ether oxygens (including phenoxy) is 1. The van der Waals surface area contributed by atoms with Gasteiger partial charge in [0, 0.05) is 25.7 Å². The monoisotopic (exact) mass is 258 g/mol. The Bertz CT molecular complexity index is 375. The Hall–Kier alpha value is -0.870. The van der Waals surface area contributed by atoms with Gasteiger partial charge in [-0.2, -0.15) is 5.10 Å². The summed E-state index contributed by atoms with van der Waals surface area (Å²) in [5.74, 6) is 0.0286. The molecule has 1 rings (SSSR count). The Morgan fingerprint density at radius 3 is 2.88 bits per heavy atom. The molecule has 0 aliphatic carbocycles. The van der Waals surface area contributed by atoms with Crippen LogP contribution in [0, 0.1) is 0 Å². The lowest BCUT2D eigenvalue weighted by Gasteiger charge is -2.10. The van der Waals surface area contributed by atoms with Gasteiger partial charge < -0.3 is 4.74 Å². The molecule has 4 nitrogen and oxygen atoms in total. The van der Waals surface area contributed by atoms with Crippen LogP contribution < -0.4 is 0 Å². The second-order valence-corrected chi connectivity index (χ2v) is 4.51. The lowest BCUT2D eigenvalue weighted by atomic mass is 10.1. The number of carbonyl (C=O) groups excluding carboxylic acids is 1. The highest BCUT2D eigenvalue weighted by Crippen LogP contribution is 2.20. The van der Waals surface area contributed by atoms with Gasteiger partial charge in [0.15, 0.2) is 5.78 Å². The molecule has 0 aliphatic heterocycles. The van der Waals surface area contributed by atoms with Gasteiger partial charge in [0.25, 0.3) is 0 Å². The third-order valence-corrected chi connectivity index (χ3v) is 2.68. The summed E-state index contributed by atoms with van der Waals surface area (Å²) in [5.41, 5.74) is 0.512. The molecule has 0 bridgehead atoms. The Balaban J connectivity index is 2.65. The van der Waals surface area contributed by atoms with Crippen LogP contribution in [0.1, 0.15) is 50.1 Å². The summed E-state index contributed by atoms with van der Waals surface area (Å²) in [4.78, 5) is 12.0. The zero-order valence-electron chi connectivity index (χ0n) is 10.6. The van der Waals surface area contributed by atoms with Crippen LogP contribution in [0.15, 0.2) is 6.20 Å². The topological polar surface area (TPSA) is 44.1 Å². The lowest BCUT2D eigenvalue weighted by Crippen LogP contribution is -2.13. The SMILES string of the molecule is CCOCCCC(=O)c1c(Cl)cnn1C(C)C. The number of rotatable bonds is 7. The summed E-state index contributed by atoms with van der Waals surface area (Å²) < 4.78 is 6.87. The first-order chi connectivity index (χ1) is 8.07. The maximum Gasteiger partial charge on any atom is 0.182 e. The van der Waals surface area contributed by atoms with E-state index in [0.717, 1.165) is 0 Å². The molecule has 0 saturated carbocycles. The molecular weight excluding hydrogens is 240 g/mol. The van der Waals surface area contributed by atoms with Crippen molar-refractivity contribution in [1.82, 2.24) is 9.78 Å². The molecule has 96 valence electrons. The summed E-state index contributed by atoms with van der Waals surface area (Å²) in [5, 5.41) is 4.54.